The largest absolute Gasteiger partial charge is 0.481 e. The Labute approximate surface area is 128 Å². The molecule has 0 aliphatic rings. The van der Waals surface area contributed by atoms with Gasteiger partial charge in [0.1, 0.15) is 6.61 Å². The Kier molecular flexibility index (Phi) is 6.56. The summed E-state index contributed by atoms with van der Waals surface area (Å²) in [6.45, 7) is 3.45. The van der Waals surface area contributed by atoms with Crippen LogP contribution in [0.5, 0.6) is 0 Å². The number of rotatable bonds is 8. The van der Waals surface area contributed by atoms with E-state index in [-0.39, 0.29) is 18.9 Å². The smallest absolute Gasteiger partial charge is 0.321 e. The normalized spacial score (nSPS) is 13.4. The van der Waals surface area contributed by atoms with Crippen LogP contribution in [0.3, 0.4) is 0 Å². The number of carboxylic acid groups (broad SMARTS) is 2. The minimum absolute atomic E-state index is 0.0510. The van der Waals surface area contributed by atoms with Crippen molar-refractivity contribution in [2.24, 2.45) is 17.8 Å². The van der Waals surface area contributed by atoms with Gasteiger partial charge in [0, 0.05) is 0 Å². The first-order valence-electron chi connectivity index (χ1n) is 6.99. The molecule has 120 valence electrons. The molecule has 0 aromatic heterocycles. The lowest BCUT2D eigenvalue weighted by Gasteiger charge is -2.20. The van der Waals surface area contributed by atoms with E-state index in [4.69, 9.17) is 4.74 Å². The number of esters is 1. The predicted octanol–water partition coefficient (Wildman–Crippen LogP) is 2.18. The highest BCUT2D eigenvalue weighted by molar-refractivity contribution is 5.98. The Morgan fingerprint density at radius 3 is 2.09 bits per heavy atom. The van der Waals surface area contributed by atoms with Gasteiger partial charge in [-0.1, -0.05) is 44.2 Å². The van der Waals surface area contributed by atoms with Gasteiger partial charge in [-0.05, 0) is 17.9 Å². The summed E-state index contributed by atoms with van der Waals surface area (Å²) < 4.78 is 4.98. The highest BCUT2D eigenvalue weighted by atomic mass is 16.5. The molecule has 6 nitrogen and oxygen atoms in total. The third kappa shape index (κ3) is 5.20. The summed E-state index contributed by atoms with van der Waals surface area (Å²) >= 11 is 0. The zero-order valence-electron chi connectivity index (χ0n) is 12.6. The molecule has 2 N–H and O–H groups in total. The van der Waals surface area contributed by atoms with Gasteiger partial charge in [-0.3, -0.25) is 14.4 Å². The summed E-state index contributed by atoms with van der Waals surface area (Å²) in [4.78, 5) is 34.6. The molecule has 1 aromatic rings. The van der Waals surface area contributed by atoms with Crippen LogP contribution in [0.25, 0.3) is 0 Å². The SMILES string of the molecule is CC(C)CC(C(=O)O)[C@H](C(=O)O)C(=O)OCc1ccccc1. The standard InChI is InChI=1S/C16H20O6/c1-10(2)8-12(14(17)18)13(15(19)20)16(21)22-9-11-6-4-3-5-7-11/h3-7,10,12-13H,8-9H2,1-2H3,(H,17,18)(H,19,20)/t12?,13-/m1/s1. The second-order valence-electron chi connectivity index (χ2n) is 5.48. The number of aliphatic carboxylic acids is 2. The molecule has 0 saturated carbocycles. The van der Waals surface area contributed by atoms with Crippen LogP contribution in [0.1, 0.15) is 25.8 Å². The Morgan fingerprint density at radius 1 is 1.05 bits per heavy atom. The van der Waals surface area contributed by atoms with Crippen LogP contribution in [-0.4, -0.2) is 28.1 Å². The maximum absolute atomic E-state index is 12.0. The molecule has 0 saturated heterocycles. The third-order valence-electron chi connectivity index (χ3n) is 3.19. The van der Waals surface area contributed by atoms with E-state index < -0.39 is 29.7 Å². The van der Waals surface area contributed by atoms with Crippen molar-refractivity contribution in [1.82, 2.24) is 0 Å². The van der Waals surface area contributed by atoms with Gasteiger partial charge in [0.25, 0.3) is 0 Å². The Balaban J connectivity index is 2.82. The molecule has 22 heavy (non-hydrogen) atoms. The lowest BCUT2D eigenvalue weighted by molar-refractivity contribution is -0.168. The Hall–Kier alpha value is -2.37. The number of hydrogen-bond donors (Lipinski definition) is 2. The minimum Gasteiger partial charge on any atom is -0.481 e. The molecule has 2 atom stereocenters. The average Bonchev–Trinajstić information content (AvgIpc) is 2.44. The average molecular weight is 308 g/mol. The number of carbonyl (C=O) groups is 3. The molecule has 0 aliphatic carbocycles. The van der Waals surface area contributed by atoms with Crippen LogP contribution < -0.4 is 0 Å². The van der Waals surface area contributed by atoms with Crippen molar-refractivity contribution in [3.8, 4) is 0 Å². The van der Waals surface area contributed by atoms with Gasteiger partial charge >= 0.3 is 17.9 Å². The lowest BCUT2D eigenvalue weighted by Crippen LogP contribution is -2.37. The first-order valence-corrected chi connectivity index (χ1v) is 6.99. The summed E-state index contributed by atoms with van der Waals surface area (Å²) in [7, 11) is 0. The molecular weight excluding hydrogens is 288 g/mol. The minimum atomic E-state index is -1.70. The van der Waals surface area contributed by atoms with Crippen molar-refractivity contribution in [2.75, 3.05) is 0 Å². The van der Waals surface area contributed by atoms with E-state index in [0.717, 1.165) is 0 Å². The number of ether oxygens (including phenoxy) is 1. The maximum atomic E-state index is 12.0. The Bertz CT molecular complexity index is 523. The van der Waals surface area contributed by atoms with Crippen molar-refractivity contribution in [1.29, 1.82) is 0 Å². The molecule has 0 amide bonds. The van der Waals surface area contributed by atoms with Crippen LogP contribution in [0.4, 0.5) is 0 Å². The molecule has 1 rings (SSSR count). The number of benzene rings is 1. The molecule has 0 radical (unpaired) electrons. The van der Waals surface area contributed by atoms with Crippen LogP contribution in [-0.2, 0) is 25.7 Å². The second-order valence-corrected chi connectivity index (χ2v) is 5.48. The molecule has 0 fully saturated rings. The van der Waals surface area contributed by atoms with Gasteiger partial charge < -0.3 is 14.9 Å². The summed E-state index contributed by atoms with van der Waals surface area (Å²) in [5.41, 5.74) is 0.704. The van der Waals surface area contributed by atoms with Crippen molar-refractivity contribution in [3.05, 3.63) is 35.9 Å². The van der Waals surface area contributed by atoms with E-state index in [1.165, 1.54) is 0 Å². The number of hydrogen-bond acceptors (Lipinski definition) is 4. The van der Waals surface area contributed by atoms with Crippen LogP contribution in [0, 0.1) is 17.8 Å². The fourth-order valence-corrected chi connectivity index (χ4v) is 2.14. The summed E-state index contributed by atoms with van der Waals surface area (Å²) in [5, 5.41) is 18.4. The van der Waals surface area contributed by atoms with Crippen molar-refractivity contribution < 1.29 is 29.3 Å². The van der Waals surface area contributed by atoms with Crippen molar-refractivity contribution in [3.63, 3.8) is 0 Å². The van der Waals surface area contributed by atoms with Gasteiger partial charge in [0.05, 0.1) is 5.92 Å². The van der Waals surface area contributed by atoms with Gasteiger partial charge in [-0.15, -0.1) is 0 Å². The second kappa shape index (κ2) is 8.17. The van der Waals surface area contributed by atoms with Crippen LogP contribution in [0.15, 0.2) is 30.3 Å². The molecule has 6 heteroatoms. The molecular formula is C16H20O6. The molecule has 0 spiro atoms. The monoisotopic (exact) mass is 308 g/mol. The highest BCUT2D eigenvalue weighted by Crippen LogP contribution is 2.23. The highest BCUT2D eigenvalue weighted by Gasteiger charge is 2.41. The molecule has 0 bridgehead atoms. The van der Waals surface area contributed by atoms with E-state index >= 15 is 0 Å². The molecule has 1 unspecified atom stereocenters. The van der Waals surface area contributed by atoms with E-state index in [1.54, 1.807) is 44.2 Å². The zero-order valence-corrected chi connectivity index (χ0v) is 12.6. The van der Waals surface area contributed by atoms with Crippen LogP contribution >= 0.6 is 0 Å². The first-order chi connectivity index (χ1) is 10.3. The van der Waals surface area contributed by atoms with E-state index in [9.17, 15) is 24.6 Å². The van der Waals surface area contributed by atoms with Gasteiger partial charge in [-0.25, -0.2) is 0 Å². The summed E-state index contributed by atoms with van der Waals surface area (Å²) in [6.07, 6.45) is 0.0900. The zero-order chi connectivity index (χ0) is 16.7. The van der Waals surface area contributed by atoms with Gasteiger partial charge in [-0.2, -0.15) is 0 Å². The van der Waals surface area contributed by atoms with Crippen molar-refractivity contribution >= 4 is 17.9 Å². The van der Waals surface area contributed by atoms with E-state index in [0.29, 0.717) is 5.56 Å². The number of carbonyl (C=O) groups excluding carboxylic acids is 1. The third-order valence-corrected chi connectivity index (χ3v) is 3.19. The number of carboxylic acids is 2. The Morgan fingerprint density at radius 2 is 1.64 bits per heavy atom. The fraction of sp³-hybridized carbons (Fsp3) is 0.438. The topological polar surface area (TPSA) is 101 Å². The maximum Gasteiger partial charge on any atom is 0.321 e. The van der Waals surface area contributed by atoms with Gasteiger partial charge in [0.2, 0.25) is 0 Å². The molecule has 0 aliphatic heterocycles. The lowest BCUT2D eigenvalue weighted by atomic mass is 9.85. The van der Waals surface area contributed by atoms with Gasteiger partial charge in [0.15, 0.2) is 5.92 Å². The van der Waals surface area contributed by atoms with E-state index in [1.807, 2.05) is 0 Å². The van der Waals surface area contributed by atoms with Crippen molar-refractivity contribution in [2.45, 2.75) is 26.9 Å². The molecule has 1 aromatic carbocycles. The fourth-order valence-electron chi connectivity index (χ4n) is 2.14. The summed E-state index contributed by atoms with van der Waals surface area (Å²) in [5.74, 6) is -6.87. The summed E-state index contributed by atoms with van der Waals surface area (Å²) in [6, 6.07) is 8.78. The van der Waals surface area contributed by atoms with Crippen LogP contribution in [0.2, 0.25) is 0 Å². The van der Waals surface area contributed by atoms with E-state index in [2.05, 4.69) is 0 Å². The predicted molar refractivity (Wildman–Crippen MR) is 77.9 cm³/mol. The first kappa shape index (κ1) is 17.7. The quantitative estimate of drug-likeness (QED) is 0.564. The molecule has 0 heterocycles.